The van der Waals surface area contributed by atoms with E-state index in [1.54, 1.807) is 11.3 Å². The van der Waals surface area contributed by atoms with Crippen LogP contribution in [0.4, 0.5) is 0 Å². The normalized spacial score (nSPS) is 10.8. The van der Waals surface area contributed by atoms with Crippen LogP contribution < -0.4 is 0 Å². The van der Waals surface area contributed by atoms with E-state index in [0.717, 1.165) is 22.7 Å². The minimum atomic E-state index is 0.143. The van der Waals surface area contributed by atoms with E-state index in [-0.39, 0.29) is 5.78 Å². The number of thiophene rings is 1. The number of aromatic amines is 1. The van der Waals surface area contributed by atoms with Crippen LogP contribution in [-0.4, -0.2) is 26.7 Å². The molecule has 0 radical (unpaired) electrons. The number of ketones is 1. The second kappa shape index (κ2) is 5.67. The summed E-state index contributed by atoms with van der Waals surface area (Å²) in [4.78, 5) is 18.6. The molecule has 2 rings (SSSR count). The molecule has 0 aliphatic heterocycles. The lowest BCUT2D eigenvalue weighted by atomic mass is 10.2. The predicted octanol–water partition coefficient (Wildman–Crippen LogP) is 3.02. The van der Waals surface area contributed by atoms with Gasteiger partial charge in [-0.25, -0.2) is 4.98 Å². The molecule has 1 N–H and O–H groups in total. The fourth-order valence-corrected chi connectivity index (χ4v) is 3.26. The third kappa shape index (κ3) is 3.00. The fraction of sp³-hybridized carbons (Fsp3) is 0.417. The van der Waals surface area contributed by atoms with Gasteiger partial charge in [-0.15, -0.1) is 16.4 Å². The van der Waals surface area contributed by atoms with E-state index in [2.05, 4.69) is 15.2 Å². The highest BCUT2D eigenvalue weighted by Crippen LogP contribution is 2.23. The Balaban J connectivity index is 1.98. The van der Waals surface area contributed by atoms with Crippen molar-refractivity contribution in [1.82, 2.24) is 15.2 Å². The molecular weight excluding hydrogens is 266 g/mol. The number of hydrogen-bond donors (Lipinski definition) is 1. The molecule has 2 heterocycles. The van der Waals surface area contributed by atoms with Crippen LogP contribution >= 0.6 is 23.1 Å². The van der Waals surface area contributed by atoms with Gasteiger partial charge in [0.25, 0.3) is 0 Å². The van der Waals surface area contributed by atoms with Crippen LogP contribution in [0.5, 0.6) is 0 Å². The monoisotopic (exact) mass is 281 g/mol. The summed E-state index contributed by atoms with van der Waals surface area (Å²) in [5.74, 6) is 1.38. The standard InChI is InChI=1S/C12H15N3OS2/c1-4-11-13-12(15-14-11)17-6-10(16)9-5-7(2)18-8(9)3/h5H,4,6H2,1-3H3,(H,13,14,15). The third-order valence-corrected chi connectivity index (χ3v) is 4.33. The fourth-order valence-electron chi connectivity index (χ4n) is 1.62. The van der Waals surface area contributed by atoms with Gasteiger partial charge in [0, 0.05) is 21.7 Å². The quantitative estimate of drug-likeness (QED) is 0.676. The van der Waals surface area contributed by atoms with E-state index in [4.69, 9.17) is 0 Å². The van der Waals surface area contributed by atoms with Crippen LogP contribution in [0, 0.1) is 13.8 Å². The third-order valence-electron chi connectivity index (χ3n) is 2.52. The van der Waals surface area contributed by atoms with E-state index < -0.39 is 0 Å². The Morgan fingerprint density at radius 2 is 2.28 bits per heavy atom. The van der Waals surface area contributed by atoms with Crippen molar-refractivity contribution in [3.63, 3.8) is 0 Å². The number of hydrogen-bond acceptors (Lipinski definition) is 5. The zero-order valence-corrected chi connectivity index (χ0v) is 12.2. The van der Waals surface area contributed by atoms with E-state index >= 15 is 0 Å². The van der Waals surface area contributed by atoms with Crippen molar-refractivity contribution >= 4 is 28.9 Å². The molecule has 0 aliphatic rings. The highest BCUT2D eigenvalue weighted by Gasteiger charge is 2.13. The number of aromatic nitrogens is 3. The van der Waals surface area contributed by atoms with Crippen LogP contribution in [0.3, 0.4) is 0 Å². The Labute approximate surface area is 114 Å². The first kappa shape index (κ1) is 13.3. The number of carbonyl (C=O) groups is 1. The van der Waals surface area contributed by atoms with Crippen molar-refractivity contribution < 1.29 is 4.79 Å². The summed E-state index contributed by atoms with van der Waals surface area (Å²) in [5, 5.41) is 7.54. The summed E-state index contributed by atoms with van der Waals surface area (Å²) < 4.78 is 0. The average molecular weight is 281 g/mol. The molecule has 0 aromatic carbocycles. The number of nitrogens with one attached hydrogen (secondary N) is 1. The van der Waals surface area contributed by atoms with Crippen LogP contribution in [0.15, 0.2) is 11.2 Å². The summed E-state index contributed by atoms with van der Waals surface area (Å²) in [6, 6.07) is 1.96. The number of thioether (sulfide) groups is 1. The zero-order valence-electron chi connectivity index (χ0n) is 10.6. The van der Waals surface area contributed by atoms with Gasteiger partial charge < -0.3 is 0 Å². The SMILES string of the molecule is CCc1nc(SCC(=O)c2cc(C)sc2C)n[nH]1. The molecule has 0 unspecified atom stereocenters. The molecule has 4 nitrogen and oxygen atoms in total. The van der Waals surface area contributed by atoms with Crippen LogP contribution in [0.1, 0.15) is 32.9 Å². The summed E-state index contributed by atoms with van der Waals surface area (Å²) in [6.07, 6.45) is 0.824. The Morgan fingerprint density at radius 3 is 2.83 bits per heavy atom. The first-order valence-corrected chi connectivity index (χ1v) is 7.54. The Kier molecular flexibility index (Phi) is 4.19. The molecule has 0 atom stereocenters. The van der Waals surface area contributed by atoms with Crippen molar-refractivity contribution in [1.29, 1.82) is 0 Å². The first-order chi connectivity index (χ1) is 8.60. The molecule has 0 saturated heterocycles. The number of aryl methyl sites for hydroxylation is 3. The smallest absolute Gasteiger partial charge is 0.208 e. The van der Waals surface area contributed by atoms with Gasteiger partial charge >= 0.3 is 0 Å². The predicted molar refractivity (Wildman–Crippen MR) is 74.6 cm³/mol. The Bertz CT molecular complexity index is 559. The van der Waals surface area contributed by atoms with Gasteiger partial charge in [0.1, 0.15) is 5.82 Å². The molecule has 2 aromatic rings. The van der Waals surface area contributed by atoms with Crippen LogP contribution in [-0.2, 0) is 6.42 Å². The highest BCUT2D eigenvalue weighted by molar-refractivity contribution is 7.99. The van der Waals surface area contributed by atoms with Gasteiger partial charge in [-0.1, -0.05) is 18.7 Å². The van der Waals surface area contributed by atoms with Gasteiger partial charge in [0.05, 0.1) is 5.75 Å². The second-order valence-electron chi connectivity index (χ2n) is 3.96. The molecule has 6 heteroatoms. The lowest BCUT2D eigenvalue weighted by Crippen LogP contribution is -2.02. The van der Waals surface area contributed by atoms with Crippen molar-refractivity contribution in [2.75, 3.05) is 5.75 Å². The van der Waals surface area contributed by atoms with Gasteiger partial charge in [0.2, 0.25) is 5.16 Å². The number of nitrogens with zero attached hydrogens (tertiary/aromatic N) is 2. The van der Waals surface area contributed by atoms with Crippen molar-refractivity contribution in [3.05, 3.63) is 27.2 Å². The van der Waals surface area contributed by atoms with Crippen LogP contribution in [0.2, 0.25) is 0 Å². The molecule has 0 fully saturated rings. The molecule has 0 amide bonds. The molecule has 96 valence electrons. The van der Waals surface area contributed by atoms with Crippen LogP contribution in [0.25, 0.3) is 0 Å². The van der Waals surface area contributed by atoms with Crippen molar-refractivity contribution in [2.24, 2.45) is 0 Å². The maximum absolute atomic E-state index is 12.0. The molecule has 2 aromatic heterocycles. The lowest BCUT2D eigenvalue weighted by Gasteiger charge is -1.97. The first-order valence-electron chi connectivity index (χ1n) is 5.74. The largest absolute Gasteiger partial charge is 0.293 e. The molecule has 18 heavy (non-hydrogen) atoms. The van der Waals surface area contributed by atoms with Gasteiger partial charge in [-0.05, 0) is 19.9 Å². The van der Waals surface area contributed by atoms with Crippen molar-refractivity contribution in [2.45, 2.75) is 32.3 Å². The Morgan fingerprint density at radius 1 is 1.50 bits per heavy atom. The van der Waals surface area contributed by atoms with E-state index in [1.807, 2.05) is 26.8 Å². The summed E-state index contributed by atoms with van der Waals surface area (Å²) >= 11 is 3.04. The molecule has 0 saturated carbocycles. The van der Waals surface area contributed by atoms with E-state index in [0.29, 0.717) is 10.9 Å². The number of H-pyrrole nitrogens is 1. The second-order valence-corrected chi connectivity index (χ2v) is 6.36. The maximum atomic E-state index is 12.0. The minimum Gasteiger partial charge on any atom is -0.293 e. The van der Waals surface area contributed by atoms with Crippen molar-refractivity contribution in [3.8, 4) is 0 Å². The van der Waals surface area contributed by atoms with Gasteiger partial charge in [-0.2, -0.15) is 0 Å². The molecular formula is C12H15N3OS2. The summed E-state index contributed by atoms with van der Waals surface area (Å²) in [6.45, 7) is 6.01. The summed E-state index contributed by atoms with van der Waals surface area (Å²) in [5.41, 5.74) is 0.830. The average Bonchev–Trinajstić information content (AvgIpc) is 2.92. The summed E-state index contributed by atoms with van der Waals surface area (Å²) in [7, 11) is 0. The zero-order chi connectivity index (χ0) is 13.1. The van der Waals surface area contributed by atoms with E-state index in [1.165, 1.54) is 16.6 Å². The lowest BCUT2D eigenvalue weighted by molar-refractivity contribution is 0.102. The molecule has 0 bridgehead atoms. The topological polar surface area (TPSA) is 58.6 Å². The van der Waals surface area contributed by atoms with Gasteiger partial charge in [0.15, 0.2) is 5.78 Å². The van der Waals surface area contributed by atoms with Gasteiger partial charge in [-0.3, -0.25) is 9.89 Å². The Hall–Kier alpha value is -1.14. The highest BCUT2D eigenvalue weighted by atomic mass is 32.2. The number of Topliss-reactive ketones (excluding diaryl/α,β-unsaturated/α-hetero) is 1. The van der Waals surface area contributed by atoms with E-state index in [9.17, 15) is 4.79 Å². The molecule has 0 aliphatic carbocycles. The maximum Gasteiger partial charge on any atom is 0.208 e. The number of rotatable bonds is 5. The minimum absolute atomic E-state index is 0.143. The molecule has 0 spiro atoms. The number of carbonyl (C=O) groups excluding carboxylic acids is 1.